The van der Waals surface area contributed by atoms with Gasteiger partial charge in [-0.3, -0.25) is 4.99 Å². The number of rotatable bonds is 4. The Kier molecular flexibility index (Phi) is 4.04. The lowest BCUT2D eigenvalue weighted by molar-refractivity contribution is -0.0498. The van der Waals surface area contributed by atoms with Crippen molar-refractivity contribution in [3.05, 3.63) is 29.8 Å². The molecule has 14 heavy (non-hydrogen) atoms. The highest BCUT2D eigenvalue weighted by molar-refractivity contribution is 5.79. The maximum atomic E-state index is 11.8. The molecule has 1 rings (SSSR count). The summed E-state index contributed by atoms with van der Waals surface area (Å²) >= 11 is 0. The molecule has 0 unspecified atom stereocenters. The normalized spacial score (nSPS) is 11.1. The van der Waals surface area contributed by atoms with Gasteiger partial charge in [0.25, 0.3) is 0 Å². The van der Waals surface area contributed by atoms with E-state index in [2.05, 4.69) is 9.73 Å². The van der Waals surface area contributed by atoms with Crippen LogP contribution in [-0.2, 0) is 0 Å². The molecule has 0 aliphatic rings. The van der Waals surface area contributed by atoms with E-state index in [0.29, 0.717) is 6.54 Å². The van der Waals surface area contributed by atoms with Crippen molar-refractivity contribution in [2.75, 3.05) is 6.54 Å². The highest BCUT2D eigenvalue weighted by atomic mass is 19.3. The van der Waals surface area contributed by atoms with E-state index < -0.39 is 6.61 Å². The largest absolute Gasteiger partial charge is 0.435 e. The first-order chi connectivity index (χ1) is 6.72. The van der Waals surface area contributed by atoms with Crippen molar-refractivity contribution in [3.8, 4) is 5.75 Å². The van der Waals surface area contributed by atoms with E-state index in [-0.39, 0.29) is 5.75 Å². The number of benzene rings is 1. The summed E-state index contributed by atoms with van der Waals surface area (Å²) in [6, 6.07) is 6.33. The lowest BCUT2D eigenvalue weighted by Gasteiger charge is -2.03. The fraction of sp³-hybridized carbons (Fsp3) is 0.300. The first kappa shape index (κ1) is 10.6. The molecule has 76 valence electrons. The molecule has 0 aliphatic heterocycles. The minimum absolute atomic E-state index is 0.161. The molecule has 0 aliphatic carbocycles. The van der Waals surface area contributed by atoms with Gasteiger partial charge in [-0.15, -0.1) is 0 Å². The Labute approximate surface area is 81.2 Å². The van der Waals surface area contributed by atoms with Crippen LogP contribution in [0.2, 0.25) is 0 Å². The number of alkyl halides is 2. The third-order valence-electron chi connectivity index (χ3n) is 1.53. The van der Waals surface area contributed by atoms with Crippen molar-refractivity contribution >= 4 is 6.21 Å². The molecule has 0 radical (unpaired) electrons. The molecule has 0 saturated heterocycles. The Balaban J connectivity index is 2.64. The number of hydrogen-bond acceptors (Lipinski definition) is 2. The molecule has 1 aromatic carbocycles. The quantitative estimate of drug-likeness (QED) is 0.683. The van der Waals surface area contributed by atoms with Gasteiger partial charge >= 0.3 is 6.61 Å². The van der Waals surface area contributed by atoms with E-state index in [4.69, 9.17) is 0 Å². The number of halogens is 2. The Morgan fingerprint density at radius 3 is 2.50 bits per heavy atom. The van der Waals surface area contributed by atoms with Crippen molar-refractivity contribution in [2.45, 2.75) is 13.5 Å². The Hall–Kier alpha value is -1.45. The Morgan fingerprint density at radius 1 is 1.36 bits per heavy atom. The van der Waals surface area contributed by atoms with Crippen molar-refractivity contribution < 1.29 is 13.5 Å². The smallest absolute Gasteiger partial charge is 0.387 e. The molecule has 0 amide bonds. The molecule has 4 heteroatoms. The van der Waals surface area contributed by atoms with Crippen molar-refractivity contribution in [1.29, 1.82) is 0 Å². The molecule has 0 aromatic heterocycles. The monoisotopic (exact) mass is 199 g/mol. The summed E-state index contributed by atoms with van der Waals surface area (Å²) in [6.45, 7) is -0.148. The van der Waals surface area contributed by atoms with Gasteiger partial charge < -0.3 is 4.74 Å². The summed E-state index contributed by atoms with van der Waals surface area (Å²) in [7, 11) is 0. The number of hydrogen-bond donors (Lipinski definition) is 0. The van der Waals surface area contributed by atoms with Crippen LogP contribution < -0.4 is 4.74 Å². The van der Waals surface area contributed by atoms with E-state index in [0.717, 1.165) is 5.56 Å². The predicted molar refractivity (Wildman–Crippen MR) is 51.2 cm³/mol. The standard InChI is InChI=1S/C10H11F2NO/c1-2-13-7-8-3-5-9(6-4-8)14-10(11)12/h3-7,10H,2H2,1H3. The zero-order valence-corrected chi connectivity index (χ0v) is 7.78. The highest BCUT2D eigenvalue weighted by Gasteiger charge is 2.02. The van der Waals surface area contributed by atoms with E-state index in [1.807, 2.05) is 6.92 Å². The Bertz CT molecular complexity index is 295. The average molecular weight is 199 g/mol. The van der Waals surface area contributed by atoms with Crippen molar-refractivity contribution in [2.24, 2.45) is 4.99 Å². The van der Waals surface area contributed by atoms with E-state index in [1.54, 1.807) is 18.3 Å². The Morgan fingerprint density at radius 2 is 2.00 bits per heavy atom. The lowest BCUT2D eigenvalue weighted by Crippen LogP contribution is -2.01. The fourth-order valence-corrected chi connectivity index (χ4v) is 0.932. The second kappa shape index (κ2) is 5.32. The van der Waals surface area contributed by atoms with Gasteiger partial charge in [-0.2, -0.15) is 8.78 Å². The van der Waals surface area contributed by atoms with Crippen molar-refractivity contribution in [3.63, 3.8) is 0 Å². The molecular weight excluding hydrogens is 188 g/mol. The molecule has 0 saturated carbocycles. The van der Waals surface area contributed by atoms with Crippen LogP contribution >= 0.6 is 0 Å². The lowest BCUT2D eigenvalue weighted by atomic mass is 10.2. The van der Waals surface area contributed by atoms with Gasteiger partial charge in [0.05, 0.1) is 0 Å². The summed E-state index contributed by atoms with van der Waals surface area (Å²) in [5.74, 6) is 0.161. The van der Waals surface area contributed by atoms with Gasteiger partial charge in [0.1, 0.15) is 5.75 Å². The minimum Gasteiger partial charge on any atom is -0.435 e. The van der Waals surface area contributed by atoms with Crippen LogP contribution in [0.25, 0.3) is 0 Å². The molecule has 0 bridgehead atoms. The van der Waals surface area contributed by atoms with Crippen molar-refractivity contribution in [1.82, 2.24) is 0 Å². The van der Waals surface area contributed by atoms with Crippen LogP contribution in [0, 0.1) is 0 Å². The van der Waals surface area contributed by atoms with E-state index in [1.165, 1.54) is 12.1 Å². The van der Waals surface area contributed by atoms with Gasteiger partial charge in [0, 0.05) is 12.8 Å². The third kappa shape index (κ3) is 3.51. The predicted octanol–water partition coefficient (Wildman–Crippen LogP) is 2.73. The summed E-state index contributed by atoms with van der Waals surface area (Å²) in [5.41, 5.74) is 0.869. The van der Waals surface area contributed by atoms with Crippen LogP contribution in [0.15, 0.2) is 29.3 Å². The zero-order chi connectivity index (χ0) is 10.4. The van der Waals surface area contributed by atoms with Crippen LogP contribution in [0.3, 0.4) is 0 Å². The second-order valence-electron chi connectivity index (χ2n) is 2.58. The minimum atomic E-state index is -2.77. The van der Waals surface area contributed by atoms with E-state index >= 15 is 0 Å². The molecule has 1 aromatic rings. The summed E-state index contributed by atoms with van der Waals surface area (Å²) in [4.78, 5) is 4.02. The maximum Gasteiger partial charge on any atom is 0.387 e. The molecule has 0 atom stereocenters. The maximum absolute atomic E-state index is 11.8. The second-order valence-corrected chi connectivity index (χ2v) is 2.58. The molecule has 0 N–H and O–H groups in total. The first-order valence-electron chi connectivity index (χ1n) is 4.27. The summed E-state index contributed by atoms with van der Waals surface area (Å²) in [5, 5.41) is 0. The summed E-state index contributed by atoms with van der Waals surface area (Å²) in [6.07, 6.45) is 1.69. The topological polar surface area (TPSA) is 21.6 Å². The molecule has 0 heterocycles. The highest BCUT2D eigenvalue weighted by Crippen LogP contribution is 2.13. The number of aliphatic imine (C=N–C) groups is 1. The third-order valence-corrected chi connectivity index (χ3v) is 1.53. The number of ether oxygens (including phenoxy) is 1. The van der Waals surface area contributed by atoms with Gasteiger partial charge in [0.2, 0.25) is 0 Å². The van der Waals surface area contributed by atoms with Crippen LogP contribution in [-0.4, -0.2) is 19.4 Å². The molecule has 0 spiro atoms. The van der Waals surface area contributed by atoms with Gasteiger partial charge in [-0.1, -0.05) is 0 Å². The zero-order valence-electron chi connectivity index (χ0n) is 7.78. The van der Waals surface area contributed by atoms with E-state index in [9.17, 15) is 8.78 Å². The van der Waals surface area contributed by atoms with Crippen LogP contribution in [0.5, 0.6) is 5.75 Å². The average Bonchev–Trinajstić information content (AvgIpc) is 2.16. The number of nitrogens with zero attached hydrogens (tertiary/aromatic N) is 1. The fourth-order valence-electron chi connectivity index (χ4n) is 0.932. The van der Waals surface area contributed by atoms with Gasteiger partial charge in [0.15, 0.2) is 0 Å². The van der Waals surface area contributed by atoms with Crippen LogP contribution in [0.1, 0.15) is 12.5 Å². The summed E-state index contributed by atoms with van der Waals surface area (Å²) < 4.78 is 27.7. The van der Waals surface area contributed by atoms with Gasteiger partial charge in [-0.05, 0) is 36.8 Å². The molecule has 0 fully saturated rings. The van der Waals surface area contributed by atoms with Crippen LogP contribution in [0.4, 0.5) is 8.78 Å². The molecular formula is C10H11F2NO. The SMILES string of the molecule is CCN=Cc1ccc(OC(F)F)cc1. The first-order valence-corrected chi connectivity index (χ1v) is 4.27. The van der Waals surface area contributed by atoms with Gasteiger partial charge in [-0.25, -0.2) is 0 Å². The molecule has 2 nitrogen and oxygen atoms in total.